The first-order valence-electron chi connectivity index (χ1n) is 6.88. The molecule has 1 aliphatic heterocycles. The van der Waals surface area contributed by atoms with Gasteiger partial charge in [-0.05, 0) is 38.4 Å². The Morgan fingerprint density at radius 1 is 1.63 bits per heavy atom. The van der Waals surface area contributed by atoms with E-state index in [2.05, 4.69) is 10.2 Å². The van der Waals surface area contributed by atoms with Gasteiger partial charge in [-0.15, -0.1) is 0 Å². The Kier molecular flexibility index (Phi) is 4.61. The molecule has 0 bridgehead atoms. The molecule has 3 unspecified atom stereocenters. The maximum absolute atomic E-state index is 11.8. The van der Waals surface area contributed by atoms with E-state index in [1.165, 1.54) is 0 Å². The molecule has 0 radical (unpaired) electrons. The minimum atomic E-state index is -0.0328. The van der Waals surface area contributed by atoms with Gasteiger partial charge in [-0.1, -0.05) is 0 Å². The van der Waals surface area contributed by atoms with E-state index in [9.17, 15) is 4.79 Å². The number of hydrogen-bond acceptors (Lipinski definition) is 4. The average molecular weight is 265 g/mol. The van der Waals surface area contributed by atoms with E-state index in [-0.39, 0.29) is 23.9 Å². The lowest BCUT2D eigenvalue weighted by Gasteiger charge is -2.38. The highest BCUT2D eigenvalue weighted by Gasteiger charge is 2.32. The van der Waals surface area contributed by atoms with Crippen LogP contribution in [0.25, 0.3) is 0 Å². The molecule has 0 saturated carbocycles. The fourth-order valence-electron chi connectivity index (χ4n) is 2.91. The van der Waals surface area contributed by atoms with E-state index in [1.54, 1.807) is 13.3 Å². The summed E-state index contributed by atoms with van der Waals surface area (Å²) in [5, 5.41) is 2.74. The maximum atomic E-state index is 11.8. The lowest BCUT2D eigenvalue weighted by molar-refractivity contribution is -0.126. The predicted octanol–water partition coefficient (Wildman–Crippen LogP) is 1.13. The van der Waals surface area contributed by atoms with Gasteiger partial charge in [-0.25, -0.2) is 0 Å². The molecule has 0 aromatic carbocycles. The van der Waals surface area contributed by atoms with E-state index in [4.69, 9.17) is 10.2 Å². The Morgan fingerprint density at radius 3 is 3.00 bits per heavy atom. The van der Waals surface area contributed by atoms with E-state index >= 15 is 0 Å². The number of amides is 1. The first-order chi connectivity index (χ1) is 9.13. The van der Waals surface area contributed by atoms with Gasteiger partial charge in [0.25, 0.3) is 0 Å². The summed E-state index contributed by atoms with van der Waals surface area (Å²) in [6.07, 6.45) is 3.63. The van der Waals surface area contributed by atoms with E-state index in [0.717, 1.165) is 31.7 Å². The second-order valence-electron chi connectivity index (χ2n) is 5.27. The second kappa shape index (κ2) is 6.21. The van der Waals surface area contributed by atoms with Crippen LogP contribution in [0.5, 0.6) is 0 Å². The van der Waals surface area contributed by atoms with Gasteiger partial charge in [-0.2, -0.15) is 0 Å². The van der Waals surface area contributed by atoms with Crippen LogP contribution < -0.4 is 11.1 Å². The molecule has 1 amide bonds. The maximum Gasteiger partial charge on any atom is 0.224 e. The average Bonchev–Trinajstić information content (AvgIpc) is 2.91. The molecule has 3 N–H and O–H groups in total. The van der Waals surface area contributed by atoms with Gasteiger partial charge < -0.3 is 15.5 Å². The zero-order valence-corrected chi connectivity index (χ0v) is 11.6. The topological polar surface area (TPSA) is 71.5 Å². The number of nitrogens with zero attached hydrogens (tertiary/aromatic N) is 1. The van der Waals surface area contributed by atoms with Crippen LogP contribution in [0, 0.1) is 5.92 Å². The van der Waals surface area contributed by atoms with Gasteiger partial charge in [0.15, 0.2) is 0 Å². The molecule has 1 aromatic heterocycles. The number of rotatable bonds is 4. The van der Waals surface area contributed by atoms with Crippen LogP contribution in [0.3, 0.4) is 0 Å². The highest BCUT2D eigenvalue weighted by Crippen LogP contribution is 2.29. The molecule has 0 spiro atoms. The third-order valence-corrected chi connectivity index (χ3v) is 3.80. The van der Waals surface area contributed by atoms with Crippen LogP contribution in [0.2, 0.25) is 0 Å². The summed E-state index contributed by atoms with van der Waals surface area (Å²) >= 11 is 0. The van der Waals surface area contributed by atoms with Crippen LogP contribution in [0.15, 0.2) is 22.8 Å². The number of carbonyl (C=O) groups is 1. The van der Waals surface area contributed by atoms with Crippen molar-refractivity contribution in [1.29, 1.82) is 0 Å². The first-order valence-corrected chi connectivity index (χ1v) is 6.88. The molecular formula is C14H23N3O2. The van der Waals surface area contributed by atoms with Crippen LogP contribution >= 0.6 is 0 Å². The molecule has 1 saturated heterocycles. The van der Waals surface area contributed by atoms with Crippen LogP contribution in [0.4, 0.5) is 0 Å². The minimum absolute atomic E-state index is 0.0328. The molecular weight excluding hydrogens is 242 g/mol. The van der Waals surface area contributed by atoms with Gasteiger partial charge in [0, 0.05) is 19.6 Å². The summed E-state index contributed by atoms with van der Waals surface area (Å²) in [5.74, 6) is 1.05. The van der Waals surface area contributed by atoms with E-state index < -0.39 is 0 Å². The zero-order chi connectivity index (χ0) is 13.8. The number of hydrogen-bond donors (Lipinski definition) is 2. The Balaban J connectivity index is 2.12. The van der Waals surface area contributed by atoms with Crippen LogP contribution in [-0.2, 0) is 4.79 Å². The van der Waals surface area contributed by atoms with E-state index in [0.29, 0.717) is 0 Å². The Hall–Kier alpha value is -1.33. The second-order valence-corrected chi connectivity index (χ2v) is 5.27. The number of furan rings is 1. The standard InChI is InChI=1S/C14H23N3O2/c1-10(15)13(12-6-4-8-19-12)17-7-3-5-11(9-17)14(18)16-2/h4,6,8,10-11,13H,3,5,7,9,15H2,1-2H3,(H,16,18). The first kappa shape index (κ1) is 14.1. The van der Waals surface area contributed by atoms with Gasteiger partial charge in [0.2, 0.25) is 5.91 Å². The molecule has 5 heteroatoms. The highest BCUT2D eigenvalue weighted by molar-refractivity contribution is 5.78. The van der Waals surface area contributed by atoms with Gasteiger partial charge in [-0.3, -0.25) is 9.69 Å². The Bertz CT molecular complexity index is 403. The van der Waals surface area contributed by atoms with Gasteiger partial charge in [0.05, 0.1) is 18.2 Å². The monoisotopic (exact) mass is 265 g/mol. The SMILES string of the molecule is CNC(=O)C1CCCN(C(c2ccco2)C(C)N)C1. The largest absolute Gasteiger partial charge is 0.468 e. The summed E-state index contributed by atoms with van der Waals surface area (Å²) < 4.78 is 5.51. The smallest absolute Gasteiger partial charge is 0.224 e. The number of likely N-dealkylation sites (tertiary alicyclic amines) is 1. The number of piperidine rings is 1. The number of nitrogens with one attached hydrogen (secondary N) is 1. The molecule has 3 atom stereocenters. The lowest BCUT2D eigenvalue weighted by atomic mass is 9.94. The molecule has 1 aliphatic rings. The minimum Gasteiger partial charge on any atom is -0.468 e. The molecule has 106 valence electrons. The van der Waals surface area contributed by atoms with Gasteiger partial charge in [0.1, 0.15) is 5.76 Å². The summed E-state index contributed by atoms with van der Waals surface area (Å²) in [7, 11) is 1.69. The predicted molar refractivity (Wildman–Crippen MR) is 73.5 cm³/mol. The third-order valence-electron chi connectivity index (χ3n) is 3.80. The number of carbonyl (C=O) groups excluding carboxylic acids is 1. The fraction of sp³-hybridized carbons (Fsp3) is 0.643. The third kappa shape index (κ3) is 3.16. The highest BCUT2D eigenvalue weighted by atomic mass is 16.3. The Labute approximate surface area is 114 Å². The normalized spacial score (nSPS) is 23.8. The molecule has 5 nitrogen and oxygen atoms in total. The molecule has 2 heterocycles. The van der Waals surface area contributed by atoms with Crippen molar-refractivity contribution in [2.45, 2.75) is 31.8 Å². The molecule has 1 aromatic rings. The summed E-state index contributed by atoms with van der Waals surface area (Å²) in [6.45, 7) is 3.68. The van der Waals surface area contributed by atoms with Crippen molar-refractivity contribution < 1.29 is 9.21 Å². The van der Waals surface area contributed by atoms with Crippen molar-refractivity contribution in [3.05, 3.63) is 24.2 Å². The fourth-order valence-corrected chi connectivity index (χ4v) is 2.91. The van der Waals surface area contributed by atoms with Crippen molar-refractivity contribution in [1.82, 2.24) is 10.2 Å². The van der Waals surface area contributed by atoms with Crippen LogP contribution in [0.1, 0.15) is 31.6 Å². The summed E-state index contributed by atoms with van der Waals surface area (Å²) in [6, 6.07) is 3.85. The van der Waals surface area contributed by atoms with Crippen molar-refractivity contribution in [2.24, 2.45) is 11.7 Å². The molecule has 19 heavy (non-hydrogen) atoms. The van der Waals surface area contributed by atoms with Gasteiger partial charge >= 0.3 is 0 Å². The van der Waals surface area contributed by atoms with E-state index in [1.807, 2.05) is 19.1 Å². The van der Waals surface area contributed by atoms with Crippen molar-refractivity contribution in [3.8, 4) is 0 Å². The Morgan fingerprint density at radius 2 is 2.42 bits per heavy atom. The summed E-state index contributed by atoms with van der Waals surface area (Å²) in [4.78, 5) is 14.1. The summed E-state index contributed by atoms with van der Waals surface area (Å²) in [5.41, 5.74) is 6.11. The zero-order valence-electron chi connectivity index (χ0n) is 11.6. The van der Waals surface area contributed by atoms with Crippen LogP contribution in [-0.4, -0.2) is 37.0 Å². The number of nitrogens with two attached hydrogens (primary N) is 1. The van der Waals surface area contributed by atoms with Crippen molar-refractivity contribution >= 4 is 5.91 Å². The lowest BCUT2D eigenvalue weighted by Crippen LogP contribution is -2.47. The quantitative estimate of drug-likeness (QED) is 0.856. The van der Waals surface area contributed by atoms with Crippen molar-refractivity contribution in [3.63, 3.8) is 0 Å². The molecule has 1 fully saturated rings. The molecule has 0 aliphatic carbocycles. The molecule has 2 rings (SSSR count). The van der Waals surface area contributed by atoms with Crippen molar-refractivity contribution in [2.75, 3.05) is 20.1 Å².